The van der Waals surface area contributed by atoms with E-state index in [9.17, 15) is 9.59 Å². The zero-order valence-corrected chi connectivity index (χ0v) is 25.4. The van der Waals surface area contributed by atoms with Crippen molar-refractivity contribution >= 4 is 80.3 Å². The van der Waals surface area contributed by atoms with E-state index in [2.05, 4.69) is 57.6 Å². The molecule has 0 bridgehead atoms. The van der Waals surface area contributed by atoms with Crippen molar-refractivity contribution in [2.75, 3.05) is 17.5 Å². The van der Waals surface area contributed by atoms with Gasteiger partial charge in [0.2, 0.25) is 5.91 Å². The monoisotopic (exact) mass is 685 g/mol. The number of piperidine rings is 1. The number of primary amides is 1. The van der Waals surface area contributed by atoms with E-state index in [1.807, 2.05) is 11.0 Å². The Hall–Kier alpha value is -1.13. The minimum absolute atomic E-state index is 0.00121. The van der Waals surface area contributed by atoms with Gasteiger partial charge in [-0.25, -0.2) is 0 Å². The van der Waals surface area contributed by atoms with Gasteiger partial charge in [0.05, 0.1) is 0 Å². The maximum Gasteiger partial charge on any atom is 0.251 e. The fourth-order valence-corrected chi connectivity index (χ4v) is 6.54. The van der Waals surface area contributed by atoms with E-state index < -0.39 is 0 Å². The molecule has 1 aliphatic carbocycles. The van der Waals surface area contributed by atoms with E-state index in [0.717, 1.165) is 78.2 Å². The van der Waals surface area contributed by atoms with Crippen LogP contribution >= 0.6 is 50.1 Å². The molecule has 0 spiro atoms. The summed E-state index contributed by atoms with van der Waals surface area (Å²) in [6.07, 6.45) is 11.7. The van der Waals surface area contributed by atoms with Crippen LogP contribution in [0.2, 0.25) is 17.7 Å². The van der Waals surface area contributed by atoms with Gasteiger partial charge in [-0.15, -0.1) is 0 Å². The number of rotatable bonds is 4. The number of allylic oxidation sites excluding steroid dienone is 3. The summed E-state index contributed by atoms with van der Waals surface area (Å²) in [7, 11) is 0. The Balaban J connectivity index is 0.000000840. The van der Waals surface area contributed by atoms with Gasteiger partial charge in [-0.2, -0.15) is 0 Å². The van der Waals surface area contributed by atoms with E-state index >= 15 is 0 Å². The molecule has 36 heavy (non-hydrogen) atoms. The molecule has 3 aliphatic rings. The van der Waals surface area contributed by atoms with Crippen LogP contribution in [0.4, 0.5) is 4.79 Å². The molecule has 0 atom stereocenters. The minimum Gasteiger partial charge on any atom is -0.378 e. The lowest BCUT2D eigenvalue weighted by Gasteiger charge is -2.32. The Bertz CT molecular complexity index is 1040. The van der Waals surface area contributed by atoms with Crippen molar-refractivity contribution in [3.8, 4) is 0 Å². The number of fused-ring (bicyclic) bond motifs is 1. The number of benzene rings is 1. The molecule has 1 aromatic carbocycles. The first-order valence-corrected chi connectivity index (χ1v) is 15.4. The number of hydrogen-bond donors (Lipinski definition) is 2. The van der Waals surface area contributed by atoms with Crippen molar-refractivity contribution in [3.05, 3.63) is 50.0 Å². The lowest BCUT2D eigenvalue weighted by Crippen LogP contribution is -2.39. The molecule has 3 N–H and O–H groups in total. The Kier molecular flexibility index (Phi) is 11.6. The number of carbonyl (C=O) groups is 2. The lowest BCUT2D eigenvalue weighted by molar-refractivity contribution is -0.132. The predicted octanol–water partition coefficient (Wildman–Crippen LogP) is 7.40. The second kappa shape index (κ2) is 14.1. The first-order valence-electron chi connectivity index (χ1n) is 12.7. The van der Waals surface area contributed by atoms with Crippen molar-refractivity contribution in [2.24, 2.45) is 11.7 Å². The molecule has 5 nitrogen and oxygen atoms in total. The molecule has 9 heteroatoms. The van der Waals surface area contributed by atoms with Crippen LogP contribution in [0.15, 0.2) is 33.8 Å². The highest BCUT2D eigenvalue weighted by molar-refractivity contribution is 14.1. The van der Waals surface area contributed by atoms with Crippen LogP contribution in [0.25, 0.3) is 5.57 Å². The van der Waals surface area contributed by atoms with Gasteiger partial charge < -0.3 is 16.0 Å². The van der Waals surface area contributed by atoms with Gasteiger partial charge in [0.1, 0.15) is 0 Å². The summed E-state index contributed by atoms with van der Waals surface area (Å²) in [5, 5.41) is 7.09. The van der Waals surface area contributed by atoms with Crippen LogP contribution < -0.4 is 5.73 Å². The largest absolute Gasteiger partial charge is 0.378 e. The highest BCUT2D eigenvalue weighted by Crippen LogP contribution is 2.40. The Labute approximate surface area is 242 Å². The van der Waals surface area contributed by atoms with Crippen molar-refractivity contribution < 1.29 is 9.59 Å². The number of hydrogen-bond acceptors (Lipinski definition) is 3. The van der Waals surface area contributed by atoms with Gasteiger partial charge in [0.15, 0.2) is 5.81 Å². The molecule has 194 valence electrons. The number of halogens is 3. The molecule has 2 saturated heterocycles. The fraction of sp³-hybridized carbons (Fsp3) is 0.519. The average Bonchev–Trinajstić information content (AvgIpc) is 3.03. The Morgan fingerprint density at radius 1 is 1.22 bits per heavy atom. The quantitative estimate of drug-likeness (QED) is 0.150. The molecule has 2 aliphatic heterocycles. The molecule has 0 unspecified atom stereocenters. The second-order valence-electron chi connectivity index (χ2n) is 9.99. The maximum atomic E-state index is 12.9. The van der Waals surface area contributed by atoms with Crippen LogP contribution in [0.3, 0.4) is 0 Å². The molecule has 4 rings (SSSR count). The van der Waals surface area contributed by atoms with E-state index in [-0.39, 0.29) is 18.4 Å². The predicted molar refractivity (Wildman–Crippen MR) is 164 cm³/mol. The topological polar surface area (TPSA) is 87.2 Å². The van der Waals surface area contributed by atoms with Gasteiger partial charge in [-0.3, -0.25) is 9.59 Å². The summed E-state index contributed by atoms with van der Waals surface area (Å²) in [5.41, 5.74) is 12.1. The van der Waals surface area contributed by atoms with E-state index in [4.69, 9.17) is 22.7 Å². The number of aryl methyl sites for hydroxylation is 1. The molecule has 1 aromatic rings. The number of carbonyl (C=O) groups excluding carboxylic acids is 2. The number of nitrogens with one attached hydrogen (secondary N) is 1. The Morgan fingerprint density at radius 3 is 2.44 bits per heavy atom. The first-order chi connectivity index (χ1) is 17.2. The van der Waals surface area contributed by atoms with Crippen LogP contribution in [-0.2, 0) is 11.2 Å². The third-order valence-corrected chi connectivity index (χ3v) is 8.76. The number of alkyl halides is 1. The standard InChI is InChI=1S/C25H31BBrClN2O2.C2H4IN/c1-16-2-3-19-14-20(28)15-22(27)24(19)21(12-16)18-6-10-30(11-7-18)23(31)13-17-4-8-26(9-5-17)25(29)32;3-1-2-4/h12,14-15,17H,2-11,13H2,1H3,(H2,29,32);2,4H,1H2. The summed E-state index contributed by atoms with van der Waals surface area (Å²) in [5.74, 6) is 0.458. The van der Waals surface area contributed by atoms with Crippen molar-refractivity contribution in [3.63, 3.8) is 0 Å². The van der Waals surface area contributed by atoms with Gasteiger partial charge in [0.25, 0.3) is 6.71 Å². The molecule has 2 heterocycles. The molecular weight excluding hydrogens is 651 g/mol. The van der Waals surface area contributed by atoms with E-state index in [0.29, 0.717) is 12.3 Å². The summed E-state index contributed by atoms with van der Waals surface area (Å²) in [6.45, 7) is 3.76. The molecule has 2 amide bonds. The number of nitrogens with two attached hydrogens (primary N) is 1. The maximum absolute atomic E-state index is 12.9. The summed E-state index contributed by atoms with van der Waals surface area (Å²) >= 11 is 12.2. The summed E-state index contributed by atoms with van der Waals surface area (Å²) < 4.78 is 1.89. The highest BCUT2D eigenvalue weighted by Gasteiger charge is 2.31. The van der Waals surface area contributed by atoms with Gasteiger partial charge in [0, 0.05) is 39.6 Å². The lowest BCUT2D eigenvalue weighted by atomic mass is 9.40. The highest BCUT2D eigenvalue weighted by atomic mass is 127. The zero-order chi connectivity index (χ0) is 26.2. The summed E-state index contributed by atoms with van der Waals surface area (Å²) in [4.78, 5) is 26.4. The van der Waals surface area contributed by atoms with Crippen LogP contribution in [0.5, 0.6) is 0 Å². The third kappa shape index (κ3) is 7.94. The molecule has 0 aromatic heterocycles. The number of amides is 2. The van der Waals surface area contributed by atoms with Gasteiger partial charge in [-0.05, 0) is 67.4 Å². The van der Waals surface area contributed by atoms with Crippen LogP contribution in [0.1, 0.15) is 56.6 Å². The number of nitrogens with zero attached hydrogens (tertiary/aromatic N) is 1. The smallest absolute Gasteiger partial charge is 0.251 e. The molecule has 0 radical (unpaired) electrons. The molecule has 2 fully saturated rings. The fourth-order valence-electron chi connectivity index (χ4n) is 5.45. The van der Waals surface area contributed by atoms with E-state index in [1.54, 1.807) is 0 Å². The Morgan fingerprint density at radius 2 is 1.86 bits per heavy atom. The van der Waals surface area contributed by atoms with Crippen LogP contribution in [0, 0.1) is 11.3 Å². The van der Waals surface area contributed by atoms with Crippen molar-refractivity contribution in [1.82, 2.24) is 4.90 Å². The van der Waals surface area contributed by atoms with Gasteiger partial charge >= 0.3 is 0 Å². The SMILES string of the molecule is CC1=CC(=C2CCN(C(=O)CC3CCB(C(N)=O)CC3)CC2)c2c(Br)cc(Cl)cc2CC1.N=CCI. The second-order valence-corrected chi connectivity index (χ2v) is 12.2. The minimum atomic E-state index is -0.190. The average molecular weight is 687 g/mol. The van der Waals surface area contributed by atoms with Crippen molar-refractivity contribution in [1.29, 1.82) is 5.41 Å². The first kappa shape index (κ1) is 29.4. The number of likely N-dealkylation sites (tertiary alicyclic amines) is 1. The summed E-state index contributed by atoms with van der Waals surface area (Å²) in [6, 6.07) is 4.08. The van der Waals surface area contributed by atoms with Crippen molar-refractivity contribution in [2.45, 2.75) is 64.5 Å². The third-order valence-electron chi connectivity index (χ3n) is 7.48. The zero-order valence-electron chi connectivity index (χ0n) is 20.9. The van der Waals surface area contributed by atoms with E-state index in [1.165, 1.54) is 34.1 Å². The van der Waals surface area contributed by atoms with Crippen LogP contribution in [-0.4, -0.2) is 47.1 Å². The van der Waals surface area contributed by atoms with Gasteiger partial charge in [-0.1, -0.05) is 92.8 Å². The normalized spacial score (nSPS) is 18.5. The molecule has 0 saturated carbocycles. The molecular formula is C27H35BBrClIN3O2.